The molecule has 0 aromatic carbocycles. The summed E-state index contributed by atoms with van der Waals surface area (Å²) in [5, 5.41) is 0. The van der Waals surface area contributed by atoms with Crippen molar-refractivity contribution < 1.29 is 9.53 Å². The van der Waals surface area contributed by atoms with Gasteiger partial charge in [-0.25, -0.2) is 9.78 Å². The number of nitrogens with zero attached hydrogens (tertiary/aromatic N) is 2. The molecule has 0 unspecified atom stereocenters. The van der Waals surface area contributed by atoms with Crippen molar-refractivity contribution in [2.45, 2.75) is 32.9 Å². The smallest absolute Gasteiger partial charge is 0.348 e. The number of carbonyl (C=O) groups is 1. The minimum absolute atomic E-state index is 0.107. The third-order valence-electron chi connectivity index (χ3n) is 1.50. The lowest BCUT2D eigenvalue weighted by atomic mass is 10.2. The first-order valence-electron chi connectivity index (χ1n) is 4.62. The second-order valence-electron chi connectivity index (χ2n) is 4.12. The zero-order valence-electron chi connectivity index (χ0n) is 9.06. The molecule has 0 aliphatic carbocycles. The molecule has 0 saturated carbocycles. The molecule has 0 aliphatic heterocycles. The van der Waals surface area contributed by atoms with Crippen LogP contribution in [-0.2, 0) is 16.1 Å². The molecule has 0 atom stereocenters. The molecule has 0 N–H and O–H groups in total. The Labute approximate surface area is 87.7 Å². The molecule has 5 nitrogen and oxygen atoms in total. The van der Waals surface area contributed by atoms with E-state index in [9.17, 15) is 9.59 Å². The molecule has 0 amide bonds. The lowest BCUT2D eigenvalue weighted by Gasteiger charge is -2.19. The van der Waals surface area contributed by atoms with Crippen LogP contribution in [0, 0.1) is 0 Å². The van der Waals surface area contributed by atoms with Gasteiger partial charge in [0.1, 0.15) is 12.1 Å². The summed E-state index contributed by atoms with van der Waals surface area (Å²) < 4.78 is 6.27. The van der Waals surface area contributed by atoms with Crippen molar-refractivity contribution in [1.29, 1.82) is 0 Å². The van der Waals surface area contributed by atoms with Crippen LogP contribution >= 0.6 is 0 Å². The van der Waals surface area contributed by atoms with Crippen LogP contribution in [0.25, 0.3) is 0 Å². The van der Waals surface area contributed by atoms with E-state index in [2.05, 4.69) is 4.98 Å². The van der Waals surface area contributed by atoms with Crippen LogP contribution in [0.4, 0.5) is 0 Å². The summed E-state index contributed by atoms with van der Waals surface area (Å²) in [6.45, 7) is 5.22. The lowest BCUT2D eigenvalue weighted by Crippen LogP contribution is -2.31. The van der Waals surface area contributed by atoms with Crippen molar-refractivity contribution in [3.8, 4) is 0 Å². The second-order valence-corrected chi connectivity index (χ2v) is 4.12. The third kappa shape index (κ3) is 3.93. The molecule has 0 radical (unpaired) electrons. The van der Waals surface area contributed by atoms with Crippen LogP contribution in [0.3, 0.4) is 0 Å². The predicted molar refractivity (Wildman–Crippen MR) is 54.3 cm³/mol. The zero-order valence-corrected chi connectivity index (χ0v) is 9.06. The maximum Gasteiger partial charge on any atom is 0.348 e. The van der Waals surface area contributed by atoms with Crippen molar-refractivity contribution in [3.63, 3.8) is 0 Å². The summed E-state index contributed by atoms with van der Waals surface area (Å²) in [4.78, 5) is 26.1. The normalized spacial score (nSPS) is 11.1. The van der Waals surface area contributed by atoms with E-state index in [-0.39, 0.29) is 6.54 Å². The first kappa shape index (κ1) is 11.4. The van der Waals surface area contributed by atoms with Gasteiger partial charge in [-0.3, -0.25) is 9.36 Å². The summed E-state index contributed by atoms with van der Waals surface area (Å²) in [7, 11) is 0. The van der Waals surface area contributed by atoms with Crippen LogP contribution in [0.1, 0.15) is 20.8 Å². The third-order valence-corrected chi connectivity index (χ3v) is 1.50. The van der Waals surface area contributed by atoms with Gasteiger partial charge in [-0.05, 0) is 26.8 Å². The van der Waals surface area contributed by atoms with Crippen molar-refractivity contribution in [1.82, 2.24) is 9.55 Å². The van der Waals surface area contributed by atoms with E-state index >= 15 is 0 Å². The van der Waals surface area contributed by atoms with E-state index in [1.54, 1.807) is 26.8 Å². The van der Waals surface area contributed by atoms with Gasteiger partial charge >= 0.3 is 11.7 Å². The molecular weight excluding hydrogens is 196 g/mol. The number of rotatable bonds is 2. The first-order chi connectivity index (χ1) is 6.88. The monoisotopic (exact) mass is 210 g/mol. The Morgan fingerprint density at radius 2 is 2.20 bits per heavy atom. The standard InChI is InChI=1S/C10H14N2O3/c1-10(2,3)15-8(13)7-12-6-4-5-11-9(12)14/h4-6H,7H2,1-3H3. The van der Waals surface area contributed by atoms with Crippen LogP contribution in [0.2, 0.25) is 0 Å². The SMILES string of the molecule is CC(C)(C)OC(=O)Cn1cccnc1=O. The minimum Gasteiger partial charge on any atom is -0.459 e. The number of carbonyl (C=O) groups excluding carboxylic acids is 1. The Hall–Kier alpha value is -1.65. The summed E-state index contributed by atoms with van der Waals surface area (Å²) in [6, 6.07) is 1.59. The molecule has 1 heterocycles. The van der Waals surface area contributed by atoms with Gasteiger partial charge in [0, 0.05) is 12.4 Å². The fourth-order valence-corrected chi connectivity index (χ4v) is 1.02. The van der Waals surface area contributed by atoms with Crippen molar-refractivity contribution >= 4 is 5.97 Å². The quantitative estimate of drug-likeness (QED) is 0.670. The van der Waals surface area contributed by atoms with Gasteiger partial charge < -0.3 is 4.74 Å². The van der Waals surface area contributed by atoms with Crippen LogP contribution in [0.5, 0.6) is 0 Å². The van der Waals surface area contributed by atoms with E-state index in [4.69, 9.17) is 4.74 Å². The highest BCUT2D eigenvalue weighted by Crippen LogP contribution is 2.06. The molecular formula is C10H14N2O3. The van der Waals surface area contributed by atoms with Gasteiger partial charge in [-0.1, -0.05) is 0 Å². The van der Waals surface area contributed by atoms with Gasteiger partial charge in [0.05, 0.1) is 0 Å². The fraction of sp³-hybridized carbons (Fsp3) is 0.500. The summed E-state index contributed by atoms with van der Waals surface area (Å²) in [6.07, 6.45) is 2.88. The Morgan fingerprint density at radius 3 is 2.73 bits per heavy atom. The molecule has 1 rings (SSSR count). The minimum atomic E-state index is -0.539. The number of esters is 1. The summed E-state index contributed by atoms with van der Waals surface area (Å²) in [5.41, 5.74) is -0.994. The van der Waals surface area contributed by atoms with Crippen molar-refractivity contribution in [3.05, 3.63) is 28.9 Å². The highest BCUT2D eigenvalue weighted by atomic mass is 16.6. The van der Waals surface area contributed by atoms with E-state index in [0.717, 1.165) is 0 Å². The molecule has 0 saturated heterocycles. The van der Waals surface area contributed by atoms with Crippen molar-refractivity contribution in [2.75, 3.05) is 0 Å². The molecule has 1 aromatic heterocycles. The molecule has 0 spiro atoms. The molecule has 5 heteroatoms. The lowest BCUT2D eigenvalue weighted by molar-refractivity contribution is -0.155. The first-order valence-corrected chi connectivity index (χ1v) is 4.62. The van der Waals surface area contributed by atoms with Gasteiger partial charge in [-0.15, -0.1) is 0 Å². The molecule has 0 fully saturated rings. The van der Waals surface area contributed by atoms with E-state index in [0.29, 0.717) is 0 Å². The molecule has 82 valence electrons. The largest absolute Gasteiger partial charge is 0.459 e. The molecule has 0 aliphatic rings. The van der Waals surface area contributed by atoms with Crippen LogP contribution < -0.4 is 5.69 Å². The Kier molecular flexibility index (Phi) is 3.24. The average molecular weight is 210 g/mol. The molecule has 15 heavy (non-hydrogen) atoms. The number of ether oxygens (including phenoxy) is 1. The van der Waals surface area contributed by atoms with Crippen LogP contribution in [-0.4, -0.2) is 21.1 Å². The van der Waals surface area contributed by atoms with Crippen molar-refractivity contribution in [2.24, 2.45) is 0 Å². The number of hydrogen-bond acceptors (Lipinski definition) is 4. The maximum atomic E-state index is 11.4. The van der Waals surface area contributed by atoms with E-state index in [1.807, 2.05) is 0 Å². The fourth-order valence-electron chi connectivity index (χ4n) is 1.02. The van der Waals surface area contributed by atoms with Gasteiger partial charge in [0.25, 0.3) is 0 Å². The zero-order chi connectivity index (χ0) is 11.5. The summed E-state index contributed by atoms with van der Waals surface area (Å²) >= 11 is 0. The second kappa shape index (κ2) is 4.25. The van der Waals surface area contributed by atoms with Crippen LogP contribution in [0.15, 0.2) is 23.3 Å². The number of aromatic nitrogens is 2. The molecule has 0 bridgehead atoms. The van der Waals surface area contributed by atoms with Gasteiger partial charge in [0.15, 0.2) is 0 Å². The summed E-state index contributed by atoms with van der Waals surface area (Å²) in [5.74, 6) is -0.447. The Bertz CT molecular complexity index is 404. The Balaban J connectivity index is 2.68. The van der Waals surface area contributed by atoms with Gasteiger partial charge in [-0.2, -0.15) is 0 Å². The van der Waals surface area contributed by atoms with Gasteiger partial charge in [0.2, 0.25) is 0 Å². The predicted octanol–water partition coefficient (Wildman–Crippen LogP) is 0.585. The topological polar surface area (TPSA) is 61.2 Å². The highest BCUT2D eigenvalue weighted by molar-refractivity contribution is 5.69. The average Bonchev–Trinajstić information content (AvgIpc) is 2.05. The van der Waals surface area contributed by atoms with E-state index in [1.165, 1.54) is 17.0 Å². The van der Waals surface area contributed by atoms with E-state index < -0.39 is 17.3 Å². The number of hydrogen-bond donors (Lipinski definition) is 0. The molecule has 1 aromatic rings. The maximum absolute atomic E-state index is 11.4. The Morgan fingerprint density at radius 1 is 1.53 bits per heavy atom. The highest BCUT2D eigenvalue weighted by Gasteiger charge is 2.16.